The van der Waals surface area contributed by atoms with Crippen molar-refractivity contribution in [3.63, 3.8) is 0 Å². The Bertz CT molecular complexity index is 824. The van der Waals surface area contributed by atoms with Crippen LogP contribution in [0.3, 0.4) is 0 Å². The predicted octanol–water partition coefficient (Wildman–Crippen LogP) is 2.90. The molecule has 144 valence electrons. The third kappa shape index (κ3) is 3.37. The minimum atomic E-state index is -4.39. The SMILES string of the molecule is Cl.Cl.Cn1c(CN2C(=O)C[C@H]3NCC[C@H]32)nc2cc(C(F)(F)F)ccc21. The van der Waals surface area contributed by atoms with Gasteiger partial charge in [0.2, 0.25) is 5.91 Å². The molecule has 1 aromatic carbocycles. The van der Waals surface area contributed by atoms with Crippen LogP contribution in [-0.4, -0.2) is 39.0 Å². The first kappa shape index (κ1) is 20.8. The van der Waals surface area contributed by atoms with Gasteiger partial charge in [0.05, 0.1) is 23.1 Å². The number of fused-ring (bicyclic) bond motifs is 2. The Morgan fingerprint density at radius 2 is 2.04 bits per heavy atom. The third-order valence-electron chi connectivity index (χ3n) is 5.04. The summed E-state index contributed by atoms with van der Waals surface area (Å²) < 4.78 is 40.3. The van der Waals surface area contributed by atoms with Crippen LogP contribution < -0.4 is 5.32 Å². The summed E-state index contributed by atoms with van der Waals surface area (Å²) in [7, 11) is 1.77. The molecule has 0 radical (unpaired) electrons. The molecule has 2 aromatic rings. The van der Waals surface area contributed by atoms with Crippen LogP contribution in [0.2, 0.25) is 0 Å². The number of hydrogen-bond acceptors (Lipinski definition) is 3. The van der Waals surface area contributed by atoms with Crippen molar-refractivity contribution in [3.05, 3.63) is 29.6 Å². The second-order valence-corrected chi connectivity index (χ2v) is 6.43. The van der Waals surface area contributed by atoms with Crippen LogP contribution in [-0.2, 0) is 24.6 Å². The summed E-state index contributed by atoms with van der Waals surface area (Å²) in [4.78, 5) is 18.4. The monoisotopic (exact) mass is 410 g/mol. The first-order chi connectivity index (χ1) is 11.3. The molecule has 2 atom stereocenters. The molecule has 2 aliphatic rings. The van der Waals surface area contributed by atoms with Gasteiger partial charge in [-0.1, -0.05) is 0 Å². The van der Waals surface area contributed by atoms with Crippen LogP contribution in [0.15, 0.2) is 18.2 Å². The fourth-order valence-corrected chi connectivity index (χ4v) is 3.75. The van der Waals surface area contributed by atoms with Crippen molar-refractivity contribution in [1.29, 1.82) is 0 Å². The Hall–Kier alpha value is -1.51. The van der Waals surface area contributed by atoms with Gasteiger partial charge in [-0.15, -0.1) is 24.8 Å². The molecular formula is C16H19Cl2F3N4O. The zero-order chi connectivity index (χ0) is 17.1. The van der Waals surface area contributed by atoms with Gasteiger partial charge in [-0.05, 0) is 31.2 Å². The largest absolute Gasteiger partial charge is 0.416 e. The number of amides is 1. The topological polar surface area (TPSA) is 50.2 Å². The van der Waals surface area contributed by atoms with Crippen LogP contribution in [0.4, 0.5) is 13.2 Å². The van der Waals surface area contributed by atoms with E-state index >= 15 is 0 Å². The lowest BCUT2D eigenvalue weighted by atomic mass is 10.1. The van der Waals surface area contributed by atoms with Gasteiger partial charge in [-0.2, -0.15) is 13.2 Å². The van der Waals surface area contributed by atoms with E-state index in [9.17, 15) is 18.0 Å². The van der Waals surface area contributed by atoms with Crippen molar-refractivity contribution in [2.75, 3.05) is 6.54 Å². The number of imidazole rings is 1. The quantitative estimate of drug-likeness (QED) is 0.827. The molecule has 1 N–H and O–H groups in total. The van der Waals surface area contributed by atoms with Gasteiger partial charge in [0.25, 0.3) is 0 Å². The molecule has 0 unspecified atom stereocenters. The number of nitrogens with zero attached hydrogens (tertiary/aromatic N) is 3. The van der Waals surface area contributed by atoms with Gasteiger partial charge in [0.15, 0.2) is 0 Å². The Morgan fingerprint density at radius 3 is 2.73 bits per heavy atom. The lowest BCUT2D eigenvalue weighted by molar-refractivity contribution is -0.137. The number of carbonyl (C=O) groups excluding carboxylic acids is 1. The van der Waals surface area contributed by atoms with E-state index in [1.165, 1.54) is 6.07 Å². The van der Waals surface area contributed by atoms with E-state index in [-0.39, 0.29) is 42.8 Å². The molecule has 0 saturated carbocycles. The maximum Gasteiger partial charge on any atom is 0.416 e. The number of aryl methyl sites for hydroxylation is 1. The highest BCUT2D eigenvalue weighted by molar-refractivity contribution is 5.85. The van der Waals surface area contributed by atoms with Crippen molar-refractivity contribution in [2.45, 2.75) is 37.6 Å². The molecule has 2 saturated heterocycles. The van der Waals surface area contributed by atoms with Crippen molar-refractivity contribution < 1.29 is 18.0 Å². The van der Waals surface area contributed by atoms with Crippen molar-refractivity contribution in [3.8, 4) is 0 Å². The number of halogens is 5. The summed E-state index contributed by atoms with van der Waals surface area (Å²) in [5.41, 5.74) is 0.220. The molecule has 1 amide bonds. The zero-order valence-electron chi connectivity index (χ0n) is 13.9. The molecule has 2 aliphatic heterocycles. The van der Waals surface area contributed by atoms with Crippen LogP contribution in [0.25, 0.3) is 11.0 Å². The first-order valence-electron chi connectivity index (χ1n) is 7.90. The second-order valence-electron chi connectivity index (χ2n) is 6.43. The van der Waals surface area contributed by atoms with Gasteiger partial charge >= 0.3 is 6.18 Å². The molecule has 10 heteroatoms. The van der Waals surface area contributed by atoms with Gasteiger partial charge in [0, 0.05) is 25.6 Å². The highest BCUT2D eigenvalue weighted by Crippen LogP contribution is 2.32. The van der Waals surface area contributed by atoms with E-state index < -0.39 is 11.7 Å². The Balaban J connectivity index is 0.00000121. The van der Waals surface area contributed by atoms with Gasteiger partial charge in [-0.25, -0.2) is 4.98 Å². The number of nitrogens with one attached hydrogen (secondary N) is 1. The van der Waals surface area contributed by atoms with Crippen LogP contribution >= 0.6 is 24.8 Å². The van der Waals surface area contributed by atoms with E-state index in [1.807, 2.05) is 0 Å². The molecule has 3 heterocycles. The van der Waals surface area contributed by atoms with E-state index in [2.05, 4.69) is 10.3 Å². The zero-order valence-corrected chi connectivity index (χ0v) is 15.5. The molecule has 0 aliphatic carbocycles. The number of benzene rings is 1. The van der Waals surface area contributed by atoms with E-state index in [0.717, 1.165) is 25.1 Å². The molecule has 1 aromatic heterocycles. The number of carbonyl (C=O) groups is 1. The van der Waals surface area contributed by atoms with E-state index in [0.29, 0.717) is 29.8 Å². The van der Waals surface area contributed by atoms with E-state index in [4.69, 9.17) is 0 Å². The Morgan fingerprint density at radius 1 is 1.31 bits per heavy atom. The summed E-state index contributed by atoms with van der Waals surface area (Å²) >= 11 is 0. The van der Waals surface area contributed by atoms with Crippen LogP contribution in [0, 0.1) is 0 Å². The molecular weight excluding hydrogens is 392 g/mol. The number of likely N-dealkylation sites (tertiary alicyclic amines) is 1. The highest BCUT2D eigenvalue weighted by Gasteiger charge is 2.42. The van der Waals surface area contributed by atoms with Crippen molar-refractivity contribution >= 4 is 41.8 Å². The number of alkyl halides is 3. The molecule has 0 bridgehead atoms. The maximum absolute atomic E-state index is 12.9. The lowest BCUT2D eigenvalue weighted by Crippen LogP contribution is -2.36. The van der Waals surface area contributed by atoms with Gasteiger partial charge < -0.3 is 14.8 Å². The molecule has 26 heavy (non-hydrogen) atoms. The number of hydrogen-bond donors (Lipinski definition) is 1. The average Bonchev–Trinajstić information content (AvgIpc) is 3.15. The summed E-state index contributed by atoms with van der Waals surface area (Å²) in [6.07, 6.45) is -3.01. The van der Waals surface area contributed by atoms with Gasteiger partial charge in [0.1, 0.15) is 5.82 Å². The van der Waals surface area contributed by atoms with Crippen molar-refractivity contribution in [2.24, 2.45) is 7.05 Å². The Kier molecular flexibility index (Phi) is 5.80. The second kappa shape index (κ2) is 7.25. The fourth-order valence-electron chi connectivity index (χ4n) is 3.75. The Labute approximate surface area is 160 Å². The predicted molar refractivity (Wildman–Crippen MR) is 95.6 cm³/mol. The minimum absolute atomic E-state index is 0. The molecule has 2 fully saturated rings. The first-order valence-corrected chi connectivity index (χ1v) is 7.90. The minimum Gasteiger partial charge on any atom is -0.331 e. The summed E-state index contributed by atoms with van der Waals surface area (Å²) in [6.45, 7) is 1.21. The normalized spacial score (nSPS) is 22.3. The maximum atomic E-state index is 12.9. The van der Waals surface area contributed by atoms with Gasteiger partial charge in [-0.3, -0.25) is 4.79 Å². The molecule has 5 nitrogen and oxygen atoms in total. The summed E-state index contributed by atoms with van der Waals surface area (Å²) in [5.74, 6) is 0.672. The fraction of sp³-hybridized carbons (Fsp3) is 0.500. The van der Waals surface area contributed by atoms with E-state index in [1.54, 1.807) is 16.5 Å². The highest BCUT2D eigenvalue weighted by atomic mass is 35.5. The summed E-state index contributed by atoms with van der Waals surface area (Å²) in [6, 6.07) is 3.89. The molecule has 0 spiro atoms. The number of rotatable bonds is 2. The lowest BCUT2D eigenvalue weighted by Gasteiger charge is -2.23. The van der Waals surface area contributed by atoms with Crippen LogP contribution in [0.1, 0.15) is 24.2 Å². The van der Waals surface area contributed by atoms with Crippen molar-refractivity contribution in [1.82, 2.24) is 19.8 Å². The third-order valence-corrected chi connectivity index (χ3v) is 5.04. The number of aromatic nitrogens is 2. The average molecular weight is 411 g/mol. The summed E-state index contributed by atoms with van der Waals surface area (Å²) in [5, 5.41) is 3.32. The smallest absolute Gasteiger partial charge is 0.331 e. The van der Waals surface area contributed by atoms with Crippen LogP contribution in [0.5, 0.6) is 0 Å². The molecule has 4 rings (SSSR count). The standard InChI is InChI=1S/C16H17F3N4O.2ClH/c1-22-12-3-2-9(16(17,18)19)6-11(12)21-14(22)8-23-13-4-5-20-10(13)7-15(23)24;;/h2-3,6,10,13,20H,4-5,7-8H2,1H3;2*1H/t10-,13-;;/m1../s1.